The molecule has 5 nitrogen and oxygen atoms in total. The third-order valence-electron chi connectivity index (χ3n) is 2.79. The lowest BCUT2D eigenvalue weighted by Crippen LogP contribution is -2.32. The Balaban J connectivity index is 2.48. The van der Waals surface area contributed by atoms with Gasteiger partial charge < -0.3 is 14.6 Å². The first kappa shape index (κ1) is 11.9. The Kier molecular flexibility index (Phi) is 2.79. The average Bonchev–Trinajstić information content (AvgIpc) is 2.25. The SMILES string of the molecule is COc1nc2c(cc1C(=O)O)COC(C)(C)C2. The first-order chi connectivity index (χ1) is 7.93. The molecule has 0 amide bonds. The van der Waals surface area contributed by atoms with Crippen LogP contribution in [0.3, 0.4) is 0 Å². The Morgan fingerprint density at radius 1 is 1.59 bits per heavy atom. The number of hydrogen-bond donors (Lipinski definition) is 1. The normalized spacial score (nSPS) is 17.4. The molecular formula is C12H15NO4. The molecule has 1 aromatic heterocycles. The third-order valence-corrected chi connectivity index (χ3v) is 2.79. The fourth-order valence-electron chi connectivity index (χ4n) is 1.89. The molecule has 92 valence electrons. The lowest BCUT2D eigenvalue weighted by atomic mass is 9.95. The van der Waals surface area contributed by atoms with Gasteiger partial charge in [0.2, 0.25) is 5.88 Å². The van der Waals surface area contributed by atoms with Crippen LogP contribution in [-0.4, -0.2) is 28.8 Å². The number of pyridine rings is 1. The fourth-order valence-corrected chi connectivity index (χ4v) is 1.89. The van der Waals surface area contributed by atoms with Gasteiger partial charge in [0.25, 0.3) is 0 Å². The quantitative estimate of drug-likeness (QED) is 0.846. The van der Waals surface area contributed by atoms with Crippen LogP contribution in [0.1, 0.15) is 35.5 Å². The molecule has 0 atom stereocenters. The zero-order valence-electron chi connectivity index (χ0n) is 10.1. The summed E-state index contributed by atoms with van der Waals surface area (Å²) in [6.07, 6.45) is 0.651. The van der Waals surface area contributed by atoms with Crippen molar-refractivity contribution in [2.24, 2.45) is 0 Å². The van der Waals surface area contributed by atoms with Crippen LogP contribution < -0.4 is 4.74 Å². The summed E-state index contributed by atoms with van der Waals surface area (Å²) in [4.78, 5) is 15.3. The second-order valence-corrected chi connectivity index (χ2v) is 4.68. The summed E-state index contributed by atoms with van der Waals surface area (Å²) >= 11 is 0. The van der Waals surface area contributed by atoms with Gasteiger partial charge in [-0.2, -0.15) is 0 Å². The fraction of sp³-hybridized carbons (Fsp3) is 0.500. The molecule has 0 bridgehead atoms. The topological polar surface area (TPSA) is 68.7 Å². The molecular weight excluding hydrogens is 222 g/mol. The van der Waals surface area contributed by atoms with Gasteiger partial charge in [-0.3, -0.25) is 0 Å². The Labute approximate surface area is 99.4 Å². The number of aromatic carboxylic acids is 1. The zero-order chi connectivity index (χ0) is 12.6. The third kappa shape index (κ3) is 2.24. The van der Waals surface area contributed by atoms with Crippen LogP contribution in [0.25, 0.3) is 0 Å². The summed E-state index contributed by atoms with van der Waals surface area (Å²) in [5, 5.41) is 9.04. The van der Waals surface area contributed by atoms with E-state index < -0.39 is 5.97 Å². The molecule has 0 saturated carbocycles. The van der Waals surface area contributed by atoms with Crippen molar-refractivity contribution >= 4 is 5.97 Å². The highest BCUT2D eigenvalue weighted by Crippen LogP contribution is 2.29. The van der Waals surface area contributed by atoms with Gasteiger partial charge in [0.15, 0.2) is 0 Å². The van der Waals surface area contributed by atoms with E-state index in [0.717, 1.165) is 11.3 Å². The van der Waals surface area contributed by atoms with Crippen molar-refractivity contribution in [1.82, 2.24) is 4.98 Å². The predicted octanol–water partition coefficient (Wildman–Crippen LogP) is 1.64. The van der Waals surface area contributed by atoms with Crippen molar-refractivity contribution < 1.29 is 19.4 Å². The highest BCUT2D eigenvalue weighted by molar-refractivity contribution is 5.90. The van der Waals surface area contributed by atoms with E-state index in [4.69, 9.17) is 14.6 Å². The number of methoxy groups -OCH3 is 1. The molecule has 1 aliphatic rings. The largest absolute Gasteiger partial charge is 0.480 e. The minimum absolute atomic E-state index is 0.0783. The van der Waals surface area contributed by atoms with Crippen molar-refractivity contribution in [2.75, 3.05) is 7.11 Å². The van der Waals surface area contributed by atoms with Crippen LogP contribution in [0.5, 0.6) is 5.88 Å². The minimum atomic E-state index is -1.04. The van der Waals surface area contributed by atoms with Crippen molar-refractivity contribution in [1.29, 1.82) is 0 Å². The van der Waals surface area contributed by atoms with E-state index in [1.54, 1.807) is 6.07 Å². The predicted molar refractivity (Wildman–Crippen MR) is 60.3 cm³/mol. The first-order valence-electron chi connectivity index (χ1n) is 5.37. The van der Waals surface area contributed by atoms with E-state index in [0.29, 0.717) is 13.0 Å². The molecule has 5 heteroatoms. The molecule has 1 aliphatic heterocycles. The molecule has 1 N–H and O–H groups in total. The van der Waals surface area contributed by atoms with Crippen LogP contribution in [0.4, 0.5) is 0 Å². The van der Waals surface area contributed by atoms with Gasteiger partial charge in [-0.05, 0) is 19.9 Å². The summed E-state index contributed by atoms with van der Waals surface area (Å²) in [7, 11) is 1.42. The molecule has 0 radical (unpaired) electrons. The average molecular weight is 237 g/mol. The summed E-state index contributed by atoms with van der Waals surface area (Å²) in [5.41, 5.74) is 1.48. The molecule has 1 aromatic rings. The molecule has 0 aromatic carbocycles. The van der Waals surface area contributed by atoms with Gasteiger partial charge >= 0.3 is 5.97 Å². The van der Waals surface area contributed by atoms with Crippen LogP contribution in [0, 0.1) is 0 Å². The van der Waals surface area contributed by atoms with Crippen LogP contribution in [0.15, 0.2) is 6.07 Å². The van der Waals surface area contributed by atoms with Gasteiger partial charge in [-0.1, -0.05) is 0 Å². The highest BCUT2D eigenvalue weighted by Gasteiger charge is 2.29. The van der Waals surface area contributed by atoms with E-state index >= 15 is 0 Å². The van der Waals surface area contributed by atoms with Crippen molar-refractivity contribution in [3.05, 3.63) is 22.9 Å². The maximum atomic E-state index is 11.0. The Bertz CT molecular complexity index is 468. The minimum Gasteiger partial charge on any atom is -0.480 e. The smallest absolute Gasteiger partial charge is 0.341 e. The van der Waals surface area contributed by atoms with E-state index in [9.17, 15) is 4.79 Å². The Morgan fingerprint density at radius 2 is 2.29 bits per heavy atom. The number of carbonyl (C=O) groups is 1. The number of carboxylic acids is 1. The van der Waals surface area contributed by atoms with Crippen LogP contribution >= 0.6 is 0 Å². The number of carboxylic acid groups (broad SMARTS) is 1. The maximum Gasteiger partial charge on any atom is 0.341 e. The number of fused-ring (bicyclic) bond motifs is 1. The summed E-state index contributed by atoms with van der Waals surface area (Å²) in [6, 6.07) is 1.58. The Morgan fingerprint density at radius 3 is 2.88 bits per heavy atom. The van der Waals surface area contributed by atoms with Crippen molar-refractivity contribution in [3.63, 3.8) is 0 Å². The number of ether oxygens (including phenoxy) is 2. The molecule has 0 fully saturated rings. The van der Waals surface area contributed by atoms with E-state index in [1.807, 2.05) is 13.8 Å². The molecule has 0 unspecified atom stereocenters. The monoisotopic (exact) mass is 237 g/mol. The maximum absolute atomic E-state index is 11.0. The summed E-state index contributed by atoms with van der Waals surface area (Å²) < 4.78 is 10.6. The standard InChI is InChI=1S/C12H15NO4/c1-12(2)5-9-7(6-17-12)4-8(11(14)15)10(13-9)16-3/h4H,5-6H2,1-3H3,(H,14,15). The summed E-state index contributed by atoms with van der Waals surface area (Å²) in [5.74, 6) is -0.879. The Hall–Kier alpha value is -1.62. The van der Waals surface area contributed by atoms with Crippen molar-refractivity contribution in [3.8, 4) is 5.88 Å². The van der Waals surface area contributed by atoms with E-state index in [-0.39, 0.29) is 17.0 Å². The highest BCUT2D eigenvalue weighted by atomic mass is 16.5. The molecule has 0 saturated heterocycles. The molecule has 0 spiro atoms. The van der Waals surface area contributed by atoms with Crippen LogP contribution in [-0.2, 0) is 17.8 Å². The number of nitrogens with zero attached hydrogens (tertiary/aromatic N) is 1. The van der Waals surface area contributed by atoms with Gasteiger partial charge in [0, 0.05) is 12.0 Å². The lowest BCUT2D eigenvalue weighted by molar-refractivity contribution is -0.0414. The second kappa shape index (κ2) is 4.00. The number of rotatable bonds is 2. The van der Waals surface area contributed by atoms with Gasteiger partial charge in [0.05, 0.1) is 25.0 Å². The lowest BCUT2D eigenvalue weighted by Gasteiger charge is -2.31. The molecule has 17 heavy (non-hydrogen) atoms. The summed E-state index contributed by atoms with van der Waals surface area (Å²) in [6.45, 7) is 4.35. The molecule has 2 heterocycles. The molecule has 2 rings (SSSR count). The van der Waals surface area contributed by atoms with Gasteiger partial charge in [-0.25, -0.2) is 9.78 Å². The van der Waals surface area contributed by atoms with E-state index in [2.05, 4.69) is 4.98 Å². The van der Waals surface area contributed by atoms with Gasteiger partial charge in [0.1, 0.15) is 5.56 Å². The van der Waals surface area contributed by atoms with Crippen molar-refractivity contribution in [2.45, 2.75) is 32.5 Å². The molecule has 0 aliphatic carbocycles. The second-order valence-electron chi connectivity index (χ2n) is 4.68. The first-order valence-corrected chi connectivity index (χ1v) is 5.37. The van der Waals surface area contributed by atoms with Gasteiger partial charge in [-0.15, -0.1) is 0 Å². The number of hydrogen-bond acceptors (Lipinski definition) is 4. The zero-order valence-corrected chi connectivity index (χ0v) is 10.1. The number of aromatic nitrogens is 1. The van der Waals surface area contributed by atoms with E-state index in [1.165, 1.54) is 7.11 Å². The van der Waals surface area contributed by atoms with Crippen LogP contribution in [0.2, 0.25) is 0 Å².